The van der Waals surface area contributed by atoms with Crippen LogP contribution in [-0.2, 0) is 33.5 Å². The number of pyridine rings is 1. The average molecular weight is 1650 g/mol. The zero-order chi connectivity index (χ0) is 80.8. The van der Waals surface area contributed by atoms with Gasteiger partial charge in [0.05, 0.1) is 119 Å². The summed E-state index contributed by atoms with van der Waals surface area (Å²) in [5.74, 6) is 0.481. The lowest BCUT2D eigenvalue weighted by Gasteiger charge is -2.27. The van der Waals surface area contributed by atoms with Crippen molar-refractivity contribution in [2.24, 2.45) is 21.7 Å². The van der Waals surface area contributed by atoms with Gasteiger partial charge in [0.25, 0.3) is 0 Å². The van der Waals surface area contributed by atoms with Crippen LogP contribution in [0.2, 0.25) is 0 Å². The van der Waals surface area contributed by atoms with Gasteiger partial charge in [-0.05, 0) is 173 Å². The van der Waals surface area contributed by atoms with E-state index in [9.17, 15) is 40.9 Å². The molecule has 0 radical (unpaired) electrons. The Balaban J connectivity index is 0.000000108. The van der Waals surface area contributed by atoms with Crippen LogP contribution in [0.25, 0.3) is 55.0 Å². The lowest BCUT2D eigenvalue weighted by molar-refractivity contribution is -0.0309. The summed E-state index contributed by atoms with van der Waals surface area (Å²) in [7, 11) is 0. The molecule has 8 aliphatic rings. The smallest absolute Gasteiger partial charge is 0.143 e. The first-order valence-electron chi connectivity index (χ1n) is 40.7. The van der Waals surface area contributed by atoms with Gasteiger partial charge in [-0.25, -0.2) is 44.9 Å². The van der Waals surface area contributed by atoms with Gasteiger partial charge < -0.3 is 84.4 Å². The van der Waals surface area contributed by atoms with E-state index in [4.69, 9.17) is 19.9 Å². The molecular weight excluding hydrogens is 1550 g/mol. The Bertz CT molecular complexity index is 5580. The molecule has 27 heteroatoms. The summed E-state index contributed by atoms with van der Waals surface area (Å²) in [6, 6.07) is 46.1. The Morgan fingerprint density at radius 1 is 0.410 bits per heavy atom. The van der Waals surface area contributed by atoms with Gasteiger partial charge in [0.15, 0.2) is 0 Å². The monoisotopic (exact) mass is 1650 g/mol. The molecule has 608 valence electrons. The van der Waals surface area contributed by atoms with E-state index in [0.29, 0.717) is 64.3 Å². The zero-order valence-corrected chi connectivity index (χ0v) is 67.4. The van der Waals surface area contributed by atoms with E-state index in [-0.39, 0.29) is 53.9 Å². The van der Waals surface area contributed by atoms with E-state index in [1.807, 2.05) is 156 Å². The molecule has 0 amide bonds. The van der Waals surface area contributed by atoms with Crippen molar-refractivity contribution in [3.63, 3.8) is 0 Å². The van der Waals surface area contributed by atoms with E-state index >= 15 is 0 Å². The fourth-order valence-corrected chi connectivity index (χ4v) is 21.3. The van der Waals surface area contributed by atoms with Crippen molar-refractivity contribution in [3.8, 4) is 0 Å². The number of benzene rings is 4. The number of aryl methyl sites for hydroxylation is 4. The number of hydrogen-bond donors (Lipinski definition) is 10. The van der Waals surface area contributed by atoms with Crippen LogP contribution in [0.15, 0.2) is 194 Å². The molecule has 4 aromatic carbocycles. The molecule has 4 saturated carbocycles. The molecule has 0 unspecified atom stereocenters. The van der Waals surface area contributed by atoms with E-state index in [2.05, 4.69) is 121 Å². The van der Waals surface area contributed by atoms with Crippen molar-refractivity contribution in [3.05, 3.63) is 239 Å². The molecule has 4 spiro atoms. The number of aliphatic hydroxyl groups excluding tert-OH is 8. The van der Waals surface area contributed by atoms with Gasteiger partial charge in [0.2, 0.25) is 0 Å². The Labute approximate surface area is 685 Å². The van der Waals surface area contributed by atoms with Crippen LogP contribution in [0.5, 0.6) is 0 Å². The van der Waals surface area contributed by atoms with Crippen LogP contribution >= 0.6 is 15.9 Å². The van der Waals surface area contributed by atoms with E-state index in [0.717, 1.165) is 126 Å². The Morgan fingerprint density at radius 3 is 1.21 bits per heavy atom. The molecule has 21 rings (SSSR count). The molecule has 4 saturated heterocycles. The molecule has 117 heavy (non-hydrogen) atoms. The van der Waals surface area contributed by atoms with E-state index < -0.39 is 65.1 Å². The van der Waals surface area contributed by atoms with Crippen LogP contribution in [0.4, 0.5) is 5.82 Å². The Morgan fingerprint density at radius 2 is 0.786 bits per heavy atom. The number of nitrogens with zero attached hydrogens (tertiary/aromatic N) is 13. The van der Waals surface area contributed by atoms with Gasteiger partial charge in [-0.15, -0.1) is 0 Å². The second kappa shape index (κ2) is 31.7. The predicted molar refractivity (Wildman–Crippen MR) is 444 cm³/mol. The highest BCUT2D eigenvalue weighted by molar-refractivity contribution is 9.10. The standard InChI is InChI=1S/C25H27BrN6O2.2C22H25N3O3.C21H23N3O3/c1-13-17-4-5-32(24(17)30-12-29-13)20-10-25(22(34)21(20)33)9-16(28-11-25)6-14-2-3-15-8-18(26)23(27)31-19(15)7-14;2*1-14-17-7-8-25(21(17)24-13-23-14)18-11-22(20(27)19(18)26)10-16(28-12-22)9-15-5-3-2-4-6-15;1-13-15-7-8-24(20(15)23-12-22-13)16-9-21(19(26)18(16)25)10-17(27-11-21)14-5-3-2-4-6-14/h2-5,7-8,12,16,20-22,28,33-34H,6,9-11H2,1H3,(H2,27,31);2*2-8,13,16,18-20,26-27H,9-12H2,1H3;2-8,12,16-19,25-26H,9-11H2,1H3/t16-,20-,21+,22+,25+;16-,18+,19-,20-,22-;16-,18-,19+,20+,22+;16-,17-,18+,19+,21-/m1011/s1. The highest BCUT2D eigenvalue weighted by Crippen LogP contribution is 2.57. The molecule has 8 fully saturated rings. The number of ether oxygens (including phenoxy) is 3. The van der Waals surface area contributed by atoms with E-state index in [1.54, 1.807) is 25.3 Å². The summed E-state index contributed by atoms with van der Waals surface area (Å²) in [6.45, 7) is 9.89. The van der Waals surface area contributed by atoms with Crippen LogP contribution < -0.4 is 11.1 Å². The molecule has 0 bridgehead atoms. The minimum atomic E-state index is -0.853. The number of anilines is 1. The topological polar surface area (TPSA) is 363 Å². The molecule has 4 aliphatic heterocycles. The van der Waals surface area contributed by atoms with Gasteiger partial charge in [0, 0.05) is 86.0 Å². The van der Waals surface area contributed by atoms with Crippen LogP contribution in [-0.4, -0.2) is 197 Å². The van der Waals surface area contributed by atoms with Gasteiger partial charge in [0.1, 0.15) is 78.1 Å². The number of halogens is 1. The molecule has 9 aromatic heterocycles. The molecule has 13 heterocycles. The summed E-state index contributed by atoms with van der Waals surface area (Å²) < 4.78 is 27.0. The molecule has 11 N–H and O–H groups in total. The van der Waals surface area contributed by atoms with Crippen LogP contribution in [0, 0.1) is 49.4 Å². The highest BCUT2D eigenvalue weighted by Gasteiger charge is 2.61. The molecule has 13 aromatic rings. The quantitative estimate of drug-likeness (QED) is 0.0575. The summed E-state index contributed by atoms with van der Waals surface area (Å²) in [4.78, 5) is 39.2. The minimum absolute atomic E-state index is 0.0437. The number of rotatable bonds is 11. The fourth-order valence-electron chi connectivity index (χ4n) is 21.0. The number of aromatic nitrogens is 13. The zero-order valence-electron chi connectivity index (χ0n) is 65.8. The molecule has 20 atom stereocenters. The third-order valence-electron chi connectivity index (χ3n) is 27.3. The maximum atomic E-state index is 11.2. The number of nitrogen functional groups attached to an aromatic ring is 1. The summed E-state index contributed by atoms with van der Waals surface area (Å²) >= 11 is 3.44. The van der Waals surface area contributed by atoms with Crippen LogP contribution in [0.1, 0.15) is 127 Å². The Kier molecular flexibility index (Phi) is 21.3. The fraction of sp³-hybridized carbons (Fsp3) is 0.433. The number of nitrogens with two attached hydrogens (primary N) is 1. The van der Waals surface area contributed by atoms with Crippen molar-refractivity contribution in [1.29, 1.82) is 0 Å². The molecule has 4 aliphatic carbocycles. The van der Waals surface area contributed by atoms with E-state index in [1.165, 1.54) is 16.7 Å². The first kappa shape index (κ1) is 78.7. The van der Waals surface area contributed by atoms with Crippen molar-refractivity contribution >= 4 is 76.8 Å². The highest BCUT2D eigenvalue weighted by atomic mass is 79.9. The summed E-state index contributed by atoms with van der Waals surface area (Å²) in [5, 5.41) is 96.3. The van der Waals surface area contributed by atoms with Gasteiger partial charge in [-0.2, -0.15) is 0 Å². The predicted octanol–water partition coefficient (Wildman–Crippen LogP) is 10.3. The maximum absolute atomic E-state index is 11.2. The van der Waals surface area contributed by atoms with Crippen molar-refractivity contribution in [2.45, 2.75) is 196 Å². The first-order valence-corrected chi connectivity index (χ1v) is 41.5. The van der Waals surface area contributed by atoms with Crippen molar-refractivity contribution < 1.29 is 55.1 Å². The largest absolute Gasteiger partial charge is 0.390 e. The van der Waals surface area contributed by atoms with Crippen LogP contribution in [0.3, 0.4) is 0 Å². The minimum Gasteiger partial charge on any atom is -0.390 e. The van der Waals surface area contributed by atoms with Crippen molar-refractivity contribution in [2.75, 3.05) is 32.1 Å². The molecular formula is C90H100BrN15O11. The lowest BCUT2D eigenvalue weighted by atomic mass is 9.80. The molecule has 26 nitrogen and oxygen atoms in total. The lowest BCUT2D eigenvalue weighted by Crippen LogP contribution is -2.38. The maximum Gasteiger partial charge on any atom is 0.143 e. The van der Waals surface area contributed by atoms with Gasteiger partial charge in [-0.1, -0.05) is 103 Å². The second-order valence-corrected chi connectivity index (χ2v) is 35.2. The van der Waals surface area contributed by atoms with Gasteiger partial charge >= 0.3 is 0 Å². The number of nitrogens with one attached hydrogen (secondary N) is 1. The number of hydrogen-bond acceptors (Lipinski definition) is 22. The van der Waals surface area contributed by atoms with Gasteiger partial charge in [-0.3, -0.25) is 0 Å². The summed E-state index contributed by atoms with van der Waals surface area (Å²) in [6.07, 6.45) is 15.6. The Hall–Kier alpha value is -9.43. The third kappa shape index (κ3) is 14.5. The normalized spacial score (nSPS) is 31.7. The second-order valence-electron chi connectivity index (χ2n) is 34.4. The number of aliphatic hydroxyl groups is 8. The first-order chi connectivity index (χ1) is 56.6. The SMILES string of the molecule is Cc1ncnc2c1ccn2[C@@H]1C[C@@]2(CN[C@H](Cc3ccc4cc(Br)c(N)nc4c3)C2)[C@@H](O)[C@H]1O.Cc1ncnc2c1ccn2[C@@H]1C[C@@]2(CO[C@@H](Cc3ccccc3)C2)[C@@H](O)[C@H]1O.Cc1ncnc2c1ccn2[C@@H]1C[C@@]2(CO[C@@H](c3ccccc3)C2)[C@@H](O)[C@H]1O.Cc1ncnc2c1ccn2[C@@H]1C[C@@]2(CO[C@H](Cc3ccccc3)C2)[C@@H](O)[C@H]1O. The third-order valence-corrected chi connectivity index (χ3v) is 27.9. The average Bonchev–Trinajstić information content (AvgIpc) is 1.60. The number of fused-ring (bicyclic) bond motifs is 5. The van der Waals surface area contributed by atoms with Crippen molar-refractivity contribution in [1.82, 2.24) is 68.4 Å². The summed E-state index contributed by atoms with van der Waals surface area (Å²) in [5.41, 5.74) is 16.8.